The third kappa shape index (κ3) is 4.38. The molecule has 7 nitrogen and oxygen atoms in total. The van der Waals surface area contributed by atoms with E-state index in [0.717, 1.165) is 12.2 Å². The largest absolute Gasteiger partial charge is 0.480 e. The fourth-order valence-corrected chi connectivity index (χ4v) is 3.39. The Hall–Kier alpha value is -1.70. The van der Waals surface area contributed by atoms with Gasteiger partial charge >= 0.3 is 12.0 Å². The lowest BCUT2D eigenvalue weighted by molar-refractivity contribution is -0.139. The number of imidazole rings is 1. The van der Waals surface area contributed by atoms with Gasteiger partial charge in [0.1, 0.15) is 6.04 Å². The summed E-state index contributed by atoms with van der Waals surface area (Å²) in [6.45, 7) is 3.42. The Bertz CT molecular complexity index is 480. The number of carbonyl (C=O) groups excluding carboxylic acids is 1. The predicted octanol–water partition coefficient (Wildman–Crippen LogP) is 0.942. The average Bonchev–Trinajstić information content (AvgIpc) is 2.99. The molecule has 2 unspecified atom stereocenters. The Kier molecular flexibility index (Phi) is 5.49. The van der Waals surface area contributed by atoms with Crippen molar-refractivity contribution in [1.82, 2.24) is 20.2 Å². The van der Waals surface area contributed by atoms with Gasteiger partial charge in [-0.25, -0.2) is 14.6 Å². The molecule has 1 aromatic heterocycles. The number of urea groups is 1. The van der Waals surface area contributed by atoms with Crippen LogP contribution in [0.1, 0.15) is 19.0 Å². The summed E-state index contributed by atoms with van der Waals surface area (Å²) in [5, 5.41) is 12.3. The van der Waals surface area contributed by atoms with E-state index < -0.39 is 12.0 Å². The first-order chi connectivity index (χ1) is 10.1. The van der Waals surface area contributed by atoms with E-state index in [0.29, 0.717) is 24.0 Å². The third-order valence-corrected chi connectivity index (χ3v) is 4.83. The van der Waals surface area contributed by atoms with E-state index in [9.17, 15) is 14.7 Å². The zero-order chi connectivity index (χ0) is 15.2. The lowest BCUT2D eigenvalue weighted by atomic mass is 10.1. The molecule has 0 aliphatic carbocycles. The van der Waals surface area contributed by atoms with Crippen LogP contribution in [-0.4, -0.2) is 62.1 Å². The van der Waals surface area contributed by atoms with Crippen molar-refractivity contribution in [3.05, 3.63) is 18.2 Å². The van der Waals surface area contributed by atoms with Crippen LogP contribution in [0.4, 0.5) is 4.79 Å². The fourth-order valence-electron chi connectivity index (χ4n) is 2.21. The number of carboxylic acid groups (broad SMARTS) is 1. The highest BCUT2D eigenvalue weighted by Gasteiger charge is 2.27. The molecule has 1 aliphatic rings. The molecule has 2 amide bonds. The van der Waals surface area contributed by atoms with Crippen molar-refractivity contribution in [2.75, 3.05) is 18.8 Å². The van der Waals surface area contributed by atoms with Gasteiger partial charge in [0.05, 0.1) is 6.33 Å². The third-order valence-electron chi connectivity index (χ3n) is 3.46. The van der Waals surface area contributed by atoms with Crippen LogP contribution < -0.4 is 5.32 Å². The second-order valence-electron chi connectivity index (χ2n) is 4.97. The van der Waals surface area contributed by atoms with Crippen molar-refractivity contribution in [2.45, 2.75) is 31.1 Å². The molecule has 2 atom stereocenters. The number of hydrogen-bond donors (Lipinski definition) is 3. The van der Waals surface area contributed by atoms with E-state index in [-0.39, 0.29) is 12.5 Å². The molecule has 116 valence electrons. The number of nitrogens with one attached hydrogen (secondary N) is 2. The van der Waals surface area contributed by atoms with Gasteiger partial charge in [-0.1, -0.05) is 6.92 Å². The van der Waals surface area contributed by atoms with E-state index in [1.807, 2.05) is 11.8 Å². The summed E-state index contributed by atoms with van der Waals surface area (Å²) in [6.07, 6.45) is 4.25. The first kappa shape index (κ1) is 15.7. The number of amides is 2. The van der Waals surface area contributed by atoms with Gasteiger partial charge in [-0.15, -0.1) is 0 Å². The maximum Gasteiger partial charge on any atom is 0.326 e. The zero-order valence-corrected chi connectivity index (χ0v) is 12.7. The average molecular weight is 312 g/mol. The predicted molar refractivity (Wildman–Crippen MR) is 80.4 cm³/mol. The van der Waals surface area contributed by atoms with Crippen molar-refractivity contribution in [3.63, 3.8) is 0 Å². The number of thioether (sulfide) groups is 1. The van der Waals surface area contributed by atoms with E-state index in [2.05, 4.69) is 22.2 Å². The summed E-state index contributed by atoms with van der Waals surface area (Å²) in [5.74, 6) is -0.152. The number of aromatic amines is 1. The number of nitrogens with zero attached hydrogens (tertiary/aromatic N) is 2. The van der Waals surface area contributed by atoms with Gasteiger partial charge in [-0.2, -0.15) is 11.8 Å². The van der Waals surface area contributed by atoms with Crippen molar-refractivity contribution >= 4 is 23.8 Å². The summed E-state index contributed by atoms with van der Waals surface area (Å²) >= 11 is 1.86. The van der Waals surface area contributed by atoms with Gasteiger partial charge in [0.2, 0.25) is 0 Å². The Labute approximate surface area is 127 Å². The van der Waals surface area contributed by atoms with Crippen LogP contribution >= 0.6 is 11.8 Å². The number of hydrogen-bond acceptors (Lipinski definition) is 4. The monoisotopic (exact) mass is 312 g/mol. The van der Waals surface area contributed by atoms with Crippen molar-refractivity contribution < 1.29 is 14.7 Å². The van der Waals surface area contributed by atoms with Gasteiger partial charge in [0.15, 0.2) is 0 Å². The van der Waals surface area contributed by atoms with Crippen LogP contribution in [0, 0.1) is 0 Å². The standard InChI is InChI=1S/C13H20N4O3S/c1-2-10-7-17(3-4-21-10)13(20)16-11(12(18)19)5-9-6-14-8-15-9/h6,8,10-11H,2-5,7H2,1H3,(H,14,15)(H,16,20)(H,18,19). The highest BCUT2D eigenvalue weighted by atomic mass is 32.2. The van der Waals surface area contributed by atoms with Crippen LogP contribution in [0.3, 0.4) is 0 Å². The Morgan fingerprint density at radius 2 is 2.48 bits per heavy atom. The number of rotatable bonds is 5. The summed E-state index contributed by atoms with van der Waals surface area (Å²) in [6, 6.07) is -1.26. The normalized spacial score (nSPS) is 20.0. The van der Waals surface area contributed by atoms with E-state index >= 15 is 0 Å². The van der Waals surface area contributed by atoms with Crippen LogP contribution in [-0.2, 0) is 11.2 Å². The molecule has 1 aromatic rings. The molecular weight excluding hydrogens is 292 g/mol. The highest BCUT2D eigenvalue weighted by molar-refractivity contribution is 8.00. The Balaban J connectivity index is 1.93. The van der Waals surface area contributed by atoms with Crippen LogP contribution in [0.2, 0.25) is 0 Å². The fraction of sp³-hybridized carbons (Fsp3) is 0.615. The first-order valence-corrected chi connectivity index (χ1v) is 8.02. The molecule has 0 spiro atoms. The van der Waals surface area contributed by atoms with Crippen LogP contribution in [0.15, 0.2) is 12.5 Å². The van der Waals surface area contributed by atoms with Gasteiger partial charge in [0.25, 0.3) is 0 Å². The number of carbonyl (C=O) groups is 2. The molecule has 2 rings (SSSR count). The minimum Gasteiger partial charge on any atom is -0.480 e. The second kappa shape index (κ2) is 7.35. The number of aromatic nitrogens is 2. The quantitative estimate of drug-likeness (QED) is 0.751. The molecule has 21 heavy (non-hydrogen) atoms. The number of aliphatic carboxylic acids is 1. The lowest BCUT2D eigenvalue weighted by Crippen LogP contribution is -2.52. The van der Waals surface area contributed by atoms with Gasteiger partial charge in [-0.05, 0) is 6.42 Å². The Morgan fingerprint density at radius 3 is 3.10 bits per heavy atom. The molecular formula is C13H20N4O3S. The lowest BCUT2D eigenvalue weighted by Gasteiger charge is -2.32. The van der Waals surface area contributed by atoms with Gasteiger partial charge < -0.3 is 20.3 Å². The molecule has 0 aromatic carbocycles. The molecule has 0 bridgehead atoms. The van der Waals surface area contributed by atoms with E-state index in [1.165, 1.54) is 6.33 Å². The zero-order valence-electron chi connectivity index (χ0n) is 11.9. The summed E-state index contributed by atoms with van der Waals surface area (Å²) in [5.41, 5.74) is 0.684. The SMILES string of the molecule is CCC1CN(C(=O)NC(Cc2cnc[nH]2)C(=O)O)CCS1. The molecule has 1 fully saturated rings. The molecule has 1 saturated heterocycles. The van der Waals surface area contributed by atoms with E-state index in [4.69, 9.17) is 0 Å². The molecule has 3 N–H and O–H groups in total. The minimum atomic E-state index is -1.05. The first-order valence-electron chi connectivity index (χ1n) is 6.97. The number of H-pyrrole nitrogens is 1. The number of carboxylic acids is 1. The van der Waals surface area contributed by atoms with Crippen LogP contribution in [0.25, 0.3) is 0 Å². The topological polar surface area (TPSA) is 98.3 Å². The maximum atomic E-state index is 12.2. The minimum absolute atomic E-state index is 0.195. The summed E-state index contributed by atoms with van der Waals surface area (Å²) in [7, 11) is 0. The highest BCUT2D eigenvalue weighted by Crippen LogP contribution is 2.21. The Morgan fingerprint density at radius 1 is 1.67 bits per heavy atom. The smallest absolute Gasteiger partial charge is 0.326 e. The van der Waals surface area contributed by atoms with Crippen molar-refractivity contribution in [1.29, 1.82) is 0 Å². The van der Waals surface area contributed by atoms with Gasteiger partial charge in [-0.3, -0.25) is 0 Å². The molecule has 8 heteroatoms. The molecule has 0 radical (unpaired) electrons. The maximum absolute atomic E-state index is 12.2. The molecule has 2 heterocycles. The van der Waals surface area contributed by atoms with Crippen molar-refractivity contribution in [3.8, 4) is 0 Å². The van der Waals surface area contributed by atoms with Gasteiger partial charge in [0, 0.05) is 42.4 Å². The van der Waals surface area contributed by atoms with Crippen molar-refractivity contribution in [2.24, 2.45) is 0 Å². The summed E-state index contributed by atoms with van der Waals surface area (Å²) in [4.78, 5) is 31.9. The molecule has 0 saturated carbocycles. The van der Waals surface area contributed by atoms with E-state index in [1.54, 1.807) is 11.1 Å². The van der Waals surface area contributed by atoms with Crippen LogP contribution in [0.5, 0.6) is 0 Å². The second-order valence-corrected chi connectivity index (χ2v) is 6.38. The summed E-state index contributed by atoms with van der Waals surface area (Å²) < 4.78 is 0. The molecule has 1 aliphatic heterocycles.